The Labute approximate surface area is 55.9 Å². The lowest BCUT2D eigenvalue weighted by molar-refractivity contribution is 0.540. The first kappa shape index (κ1) is 8.02. The van der Waals surface area contributed by atoms with Crippen molar-refractivity contribution >= 4 is 18.9 Å². The smallest absolute Gasteiger partial charge is 0.198 e. The molecule has 0 aliphatic rings. The molecule has 0 spiro atoms. The van der Waals surface area contributed by atoms with E-state index < -0.39 is 0 Å². The summed E-state index contributed by atoms with van der Waals surface area (Å²) in [6, 6.07) is 0. The van der Waals surface area contributed by atoms with E-state index in [-0.39, 0.29) is 4.75 Å². The van der Waals surface area contributed by atoms with E-state index >= 15 is 0 Å². The van der Waals surface area contributed by atoms with E-state index in [1.807, 2.05) is 20.1 Å². The molecule has 0 rings (SSSR count). The molecule has 0 heterocycles. The zero-order chi connectivity index (χ0) is 6.62. The summed E-state index contributed by atoms with van der Waals surface area (Å²) in [5.41, 5.74) is 0. The second kappa shape index (κ2) is 3.13. The lowest BCUT2D eigenvalue weighted by atomic mass is 10.1. The van der Waals surface area contributed by atoms with Gasteiger partial charge >= 0.3 is 0 Å². The molecule has 0 bridgehead atoms. The molecule has 0 aromatic carbocycles. The van der Waals surface area contributed by atoms with Crippen molar-refractivity contribution in [3.8, 4) is 0 Å². The normalized spacial score (nSPS) is 11.4. The van der Waals surface area contributed by atoms with Crippen molar-refractivity contribution in [3.63, 3.8) is 0 Å². The first-order chi connectivity index (χ1) is 3.56. The Kier molecular flexibility index (Phi) is 3.13. The van der Waals surface area contributed by atoms with Crippen LogP contribution in [0, 0.1) is 0 Å². The summed E-state index contributed by atoms with van der Waals surface area (Å²) in [5, 5.41) is 0. The summed E-state index contributed by atoms with van der Waals surface area (Å²) < 4.78 is -0.0165. The fourth-order valence-electron chi connectivity index (χ4n) is 0.357. The highest BCUT2D eigenvalue weighted by atomic mass is 32.1. The number of hydrogen-bond acceptors (Lipinski definition) is 2. The molecule has 47 valence electrons. The van der Waals surface area contributed by atoms with Crippen molar-refractivity contribution in [2.45, 2.75) is 31.4 Å². The van der Waals surface area contributed by atoms with Crippen LogP contribution >= 0.6 is 12.6 Å². The molecule has 0 N–H and O–H groups in total. The van der Waals surface area contributed by atoms with Crippen molar-refractivity contribution in [2.75, 3.05) is 0 Å². The van der Waals surface area contributed by atoms with Gasteiger partial charge in [0, 0.05) is 11.2 Å². The molecule has 0 saturated carbocycles. The number of rotatable bonds is 3. The zero-order valence-electron chi connectivity index (χ0n) is 5.27. The Balaban J connectivity index is 3.24. The molecule has 0 aliphatic carbocycles. The highest BCUT2D eigenvalue weighted by Crippen LogP contribution is 2.17. The molecule has 0 saturated heterocycles. The summed E-state index contributed by atoms with van der Waals surface area (Å²) in [7, 11) is 0. The monoisotopic (exact) mass is 131 g/mol. The van der Waals surface area contributed by atoms with Crippen molar-refractivity contribution in [3.05, 3.63) is 0 Å². The lowest BCUT2D eigenvalue weighted by Crippen LogP contribution is -2.09. The van der Waals surface area contributed by atoms with Gasteiger partial charge in [0.2, 0.25) is 0 Å². The third kappa shape index (κ3) is 6.02. The highest BCUT2D eigenvalue weighted by molar-refractivity contribution is 7.81. The predicted octanol–water partition coefficient (Wildman–Crippen LogP) is 1.58. The van der Waals surface area contributed by atoms with Gasteiger partial charge in [0.1, 0.15) is 0 Å². The van der Waals surface area contributed by atoms with Crippen molar-refractivity contribution in [1.82, 2.24) is 0 Å². The molecule has 0 amide bonds. The van der Waals surface area contributed by atoms with Crippen molar-refractivity contribution in [1.29, 1.82) is 0 Å². The Bertz CT molecular complexity index is 73.1. The van der Waals surface area contributed by atoms with Gasteiger partial charge in [-0.2, -0.15) is 12.6 Å². The molecule has 0 fully saturated rings. The SMILES string of the molecule is CC(C)(S)CC[C]=O. The van der Waals surface area contributed by atoms with Crippen LogP contribution in [0.5, 0.6) is 0 Å². The predicted molar refractivity (Wildman–Crippen MR) is 38.0 cm³/mol. The molecular formula is C6H11OS. The second-order valence-corrected chi connectivity index (χ2v) is 3.67. The molecule has 0 atom stereocenters. The number of hydrogen-bond donors (Lipinski definition) is 1. The van der Waals surface area contributed by atoms with Crippen LogP contribution in [0.25, 0.3) is 0 Å². The Morgan fingerprint density at radius 1 is 1.62 bits per heavy atom. The van der Waals surface area contributed by atoms with Crippen LogP contribution in [0.1, 0.15) is 26.7 Å². The van der Waals surface area contributed by atoms with Gasteiger partial charge in [0.05, 0.1) is 0 Å². The first-order valence-electron chi connectivity index (χ1n) is 2.63. The topological polar surface area (TPSA) is 17.1 Å². The minimum absolute atomic E-state index is 0.0165. The van der Waals surface area contributed by atoms with Gasteiger partial charge in [-0.15, -0.1) is 0 Å². The van der Waals surface area contributed by atoms with Crippen LogP contribution in [0.3, 0.4) is 0 Å². The summed E-state index contributed by atoms with van der Waals surface area (Å²) in [4.78, 5) is 9.69. The summed E-state index contributed by atoms with van der Waals surface area (Å²) >= 11 is 4.21. The van der Waals surface area contributed by atoms with Crippen LogP contribution in [0.4, 0.5) is 0 Å². The maximum absolute atomic E-state index is 9.69. The quantitative estimate of drug-likeness (QED) is 0.575. The lowest BCUT2D eigenvalue weighted by Gasteiger charge is -2.13. The van der Waals surface area contributed by atoms with Crippen LogP contribution in [0.15, 0.2) is 0 Å². The molecule has 2 heteroatoms. The molecule has 0 unspecified atom stereocenters. The fourth-order valence-corrected chi connectivity index (χ4v) is 0.469. The average Bonchev–Trinajstić information content (AvgIpc) is 1.59. The Hall–Kier alpha value is 0.0200. The van der Waals surface area contributed by atoms with E-state index in [1.54, 1.807) is 0 Å². The van der Waals surface area contributed by atoms with E-state index in [0.29, 0.717) is 6.42 Å². The minimum atomic E-state index is -0.0165. The van der Waals surface area contributed by atoms with Crippen molar-refractivity contribution < 1.29 is 4.79 Å². The van der Waals surface area contributed by atoms with Gasteiger partial charge in [0.25, 0.3) is 0 Å². The summed E-state index contributed by atoms with van der Waals surface area (Å²) in [6.07, 6.45) is 3.13. The third-order valence-electron chi connectivity index (χ3n) is 0.839. The van der Waals surface area contributed by atoms with Crippen LogP contribution in [0.2, 0.25) is 0 Å². The summed E-state index contributed by atoms with van der Waals surface area (Å²) in [6.45, 7) is 3.96. The van der Waals surface area contributed by atoms with Crippen LogP contribution < -0.4 is 0 Å². The maximum atomic E-state index is 9.69. The molecule has 0 aromatic heterocycles. The van der Waals surface area contributed by atoms with Crippen LogP contribution in [-0.2, 0) is 4.79 Å². The zero-order valence-corrected chi connectivity index (χ0v) is 6.16. The molecular weight excluding hydrogens is 120 g/mol. The minimum Gasteiger partial charge on any atom is -0.291 e. The van der Waals surface area contributed by atoms with Gasteiger partial charge in [-0.05, 0) is 6.42 Å². The van der Waals surface area contributed by atoms with E-state index in [0.717, 1.165) is 6.42 Å². The average molecular weight is 131 g/mol. The molecule has 1 nitrogen and oxygen atoms in total. The van der Waals surface area contributed by atoms with Gasteiger partial charge in [-0.25, -0.2) is 0 Å². The Morgan fingerprint density at radius 3 is 2.25 bits per heavy atom. The van der Waals surface area contributed by atoms with E-state index in [2.05, 4.69) is 12.6 Å². The number of thiol groups is 1. The van der Waals surface area contributed by atoms with E-state index in [9.17, 15) is 4.79 Å². The first-order valence-corrected chi connectivity index (χ1v) is 3.08. The van der Waals surface area contributed by atoms with Gasteiger partial charge in [-0.3, -0.25) is 4.79 Å². The molecule has 8 heavy (non-hydrogen) atoms. The fraction of sp³-hybridized carbons (Fsp3) is 0.833. The number of carbonyl (C=O) groups excluding carboxylic acids is 1. The largest absolute Gasteiger partial charge is 0.291 e. The standard InChI is InChI=1S/C6H11OS/c1-6(2,8)4-3-5-7/h8H,3-4H2,1-2H3. The van der Waals surface area contributed by atoms with E-state index in [4.69, 9.17) is 0 Å². The van der Waals surface area contributed by atoms with E-state index in [1.165, 1.54) is 0 Å². The Morgan fingerprint density at radius 2 is 2.12 bits per heavy atom. The summed E-state index contributed by atoms with van der Waals surface area (Å²) in [5.74, 6) is 0. The third-order valence-corrected chi connectivity index (χ3v) is 1.06. The highest BCUT2D eigenvalue weighted by Gasteiger charge is 2.09. The molecule has 0 aliphatic heterocycles. The van der Waals surface area contributed by atoms with Gasteiger partial charge in [-0.1, -0.05) is 13.8 Å². The van der Waals surface area contributed by atoms with Crippen LogP contribution in [-0.4, -0.2) is 11.0 Å². The molecule has 0 aromatic rings. The van der Waals surface area contributed by atoms with Gasteiger partial charge in [0.15, 0.2) is 6.29 Å². The second-order valence-electron chi connectivity index (χ2n) is 2.46. The van der Waals surface area contributed by atoms with Crippen molar-refractivity contribution in [2.24, 2.45) is 0 Å². The molecule has 1 radical (unpaired) electrons. The van der Waals surface area contributed by atoms with Gasteiger partial charge < -0.3 is 0 Å². The maximum Gasteiger partial charge on any atom is 0.198 e.